The highest BCUT2D eigenvalue weighted by Crippen LogP contribution is 2.28. The zero-order valence-corrected chi connectivity index (χ0v) is 11.5. The molecule has 0 aromatic heterocycles. The fourth-order valence-electron chi connectivity index (χ4n) is 1.70. The second kappa shape index (κ2) is 5.76. The number of ketones is 1. The van der Waals surface area contributed by atoms with Crippen molar-refractivity contribution in [2.24, 2.45) is 0 Å². The lowest BCUT2D eigenvalue weighted by Gasteiger charge is -2.10. The third kappa shape index (κ3) is 3.26. The van der Waals surface area contributed by atoms with Crippen LogP contribution in [-0.2, 0) is 0 Å². The first-order valence-corrected chi connectivity index (χ1v) is 6.19. The molecule has 0 aliphatic heterocycles. The number of ether oxygens (including phenoxy) is 1. The lowest BCUT2D eigenvalue weighted by Crippen LogP contribution is -1.96. The molecule has 3 nitrogen and oxygen atoms in total. The number of Topliss-reactive ketones (excluding diaryl/α,β-unsaturated/α-hetero) is 1. The van der Waals surface area contributed by atoms with Crippen LogP contribution in [0, 0.1) is 0 Å². The van der Waals surface area contributed by atoms with Crippen LogP contribution in [0.2, 0.25) is 5.02 Å². The van der Waals surface area contributed by atoms with Gasteiger partial charge in [0.25, 0.3) is 0 Å². The fourth-order valence-corrected chi connectivity index (χ4v) is 1.86. The van der Waals surface area contributed by atoms with Gasteiger partial charge in [-0.05, 0) is 37.3 Å². The van der Waals surface area contributed by atoms with Crippen molar-refractivity contribution in [3.05, 3.63) is 53.1 Å². The van der Waals surface area contributed by atoms with Crippen LogP contribution in [0.4, 0.5) is 11.4 Å². The first kappa shape index (κ1) is 13.4. The molecular formula is C15H14ClNO2. The number of rotatable bonds is 4. The number of hydrogen-bond donors (Lipinski definition) is 1. The molecule has 0 heterocycles. The van der Waals surface area contributed by atoms with Gasteiger partial charge in [0.2, 0.25) is 0 Å². The van der Waals surface area contributed by atoms with Crippen molar-refractivity contribution in [3.63, 3.8) is 0 Å². The van der Waals surface area contributed by atoms with E-state index >= 15 is 0 Å². The summed E-state index contributed by atoms with van der Waals surface area (Å²) in [5.74, 6) is 0.759. The summed E-state index contributed by atoms with van der Waals surface area (Å²) in [6.07, 6.45) is 0. The van der Waals surface area contributed by atoms with E-state index in [1.54, 1.807) is 25.3 Å². The van der Waals surface area contributed by atoms with Crippen LogP contribution in [0.3, 0.4) is 0 Å². The van der Waals surface area contributed by atoms with Gasteiger partial charge >= 0.3 is 0 Å². The monoisotopic (exact) mass is 275 g/mol. The molecule has 0 radical (unpaired) electrons. The van der Waals surface area contributed by atoms with Crippen LogP contribution >= 0.6 is 11.6 Å². The highest BCUT2D eigenvalue weighted by Gasteiger charge is 2.06. The summed E-state index contributed by atoms with van der Waals surface area (Å²) in [4.78, 5) is 11.4. The van der Waals surface area contributed by atoms with Gasteiger partial charge in [-0.2, -0.15) is 0 Å². The lowest BCUT2D eigenvalue weighted by molar-refractivity contribution is 0.101. The van der Waals surface area contributed by atoms with E-state index in [9.17, 15) is 4.79 Å². The first-order chi connectivity index (χ1) is 9.10. The minimum atomic E-state index is 0.00496. The highest BCUT2D eigenvalue weighted by atomic mass is 35.5. The number of nitrogens with one attached hydrogen (secondary N) is 1. The Hall–Kier alpha value is -2.00. The third-order valence-electron chi connectivity index (χ3n) is 2.72. The van der Waals surface area contributed by atoms with Crippen molar-refractivity contribution in [2.75, 3.05) is 12.4 Å². The van der Waals surface area contributed by atoms with E-state index in [0.29, 0.717) is 16.3 Å². The van der Waals surface area contributed by atoms with E-state index in [1.165, 1.54) is 6.92 Å². The highest BCUT2D eigenvalue weighted by molar-refractivity contribution is 6.33. The average Bonchev–Trinajstić information content (AvgIpc) is 2.41. The van der Waals surface area contributed by atoms with Gasteiger partial charge in [0.05, 0.1) is 17.8 Å². The smallest absolute Gasteiger partial charge is 0.159 e. The van der Waals surface area contributed by atoms with Gasteiger partial charge in [-0.3, -0.25) is 4.79 Å². The van der Waals surface area contributed by atoms with E-state index in [1.807, 2.05) is 24.3 Å². The predicted octanol–water partition coefficient (Wildman–Crippen LogP) is 4.29. The molecule has 19 heavy (non-hydrogen) atoms. The largest absolute Gasteiger partial charge is 0.497 e. The van der Waals surface area contributed by atoms with E-state index in [-0.39, 0.29) is 5.78 Å². The Kier molecular flexibility index (Phi) is 4.07. The number of hydrogen-bond acceptors (Lipinski definition) is 3. The molecule has 0 atom stereocenters. The van der Waals surface area contributed by atoms with Crippen LogP contribution in [0.1, 0.15) is 17.3 Å². The first-order valence-electron chi connectivity index (χ1n) is 5.81. The van der Waals surface area contributed by atoms with Crippen molar-refractivity contribution in [3.8, 4) is 5.75 Å². The molecule has 0 aliphatic rings. The van der Waals surface area contributed by atoms with Gasteiger partial charge in [0.15, 0.2) is 5.78 Å². The summed E-state index contributed by atoms with van der Waals surface area (Å²) in [7, 11) is 1.61. The minimum absolute atomic E-state index is 0.00496. The van der Waals surface area contributed by atoms with E-state index < -0.39 is 0 Å². The number of halogens is 1. The standard InChI is InChI=1S/C15H14ClNO2/c1-10(18)11-6-7-14(16)15(8-11)17-12-4-3-5-13(9-12)19-2/h3-9,17H,1-2H3. The Labute approximate surface area is 117 Å². The number of methoxy groups -OCH3 is 1. The van der Waals surface area contributed by atoms with E-state index in [2.05, 4.69) is 5.32 Å². The van der Waals surface area contributed by atoms with Gasteiger partial charge in [-0.1, -0.05) is 17.7 Å². The van der Waals surface area contributed by atoms with Gasteiger partial charge in [0.1, 0.15) is 5.75 Å². The Morgan fingerprint density at radius 2 is 2.00 bits per heavy atom. The van der Waals surface area contributed by atoms with Gasteiger partial charge in [0, 0.05) is 17.3 Å². The molecule has 0 fully saturated rings. The maximum Gasteiger partial charge on any atom is 0.159 e. The maximum absolute atomic E-state index is 11.4. The van der Waals surface area contributed by atoms with Crippen molar-refractivity contribution in [2.45, 2.75) is 6.92 Å². The average molecular weight is 276 g/mol. The van der Waals surface area contributed by atoms with Crippen LogP contribution < -0.4 is 10.1 Å². The Morgan fingerprint density at radius 3 is 2.68 bits per heavy atom. The molecule has 0 aliphatic carbocycles. The predicted molar refractivity (Wildman–Crippen MR) is 77.7 cm³/mol. The zero-order chi connectivity index (χ0) is 13.8. The molecule has 0 saturated carbocycles. The van der Waals surface area contributed by atoms with Gasteiger partial charge in [-0.25, -0.2) is 0 Å². The molecule has 0 spiro atoms. The summed E-state index contributed by atoms with van der Waals surface area (Å²) in [6, 6.07) is 12.7. The number of carbonyl (C=O) groups is 1. The lowest BCUT2D eigenvalue weighted by atomic mass is 10.1. The minimum Gasteiger partial charge on any atom is -0.497 e. The summed E-state index contributed by atoms with van der Waals surface area (Å²) < 4.78 is 5.16. The molecule has 0 amide bonds. The molecule has 1 N–H and O–H groups in total. The molecule has 98 valence electrons. The Balaban J connectivity index is 2.31. The third-order valence-corrected chi connectivity index (χ3v) is 3.05. The topological polar surface area (TPSA) is 38.3 Å². The normalized spacial score (nSPS) is 10.1. The molecule has 0 saturated heterocycles. The van der Waals surface area contributed by atoms with Gasteiger partial charge in [-0.15, -0.1) is 0 Å². The summed E-state index contributed by atoms with van der Waals surface area (Å²) >= 11 is 6.12. The van der Waals surface area contributed by atoms with Crippen molar-refractivity contribution in [1.29, 1.82) is 0 Å². The van der Waals surface area contributed by atoms with E-state index in [0.717, 1.165) is 11.4 Å². The molecular weight excluding hydrogens is 262 g/mol. The second-order valence-electron chi connectivity index (χ2n) is 4.11. The SMILES string of the molecule is COc1cccc(Nc2cc(C(C)=O)ccc2Cl)c1. The van der Waals surface area contributed by atoms with Crippen molar-refractivity contribution >= 4 is 28.8 Å². The van der Waals surface area contributed by atoms with Crippen LogP contribution in [0.25, 0.3) is 0 Å². The summed E-state index contributed by atoms with van der Waals surface area (Å²) in [6.45, 7) is 1.53. The summed E-state index contributed by atoms with van der Waals surface area (Å²) in [5.41, 5.74) is 2.17. The molecule has 0 bridgehead atoms. The number of benzene rings is 2. The quantitative estimate of drug-likeness (QED) is 0.846. The Bertz CT molecular complexity index is 611. The van der Waals surface area contributed by atoms with Crippen LogP contribution in [0.5, 0.6) is 5.75 Å². The number of carbonyl (C=O) groups excluding carboxylic acids is 1. The second-order valence-corrected chi connectivity index (χ2v) is 4.51. The van der Waals surface area contributed by atoms with Crippen LogP contribution in [0.15, 0.2) is 42.5 Å². The number of anilines is 2. The van der Waals surface area contributed by atoms with Gasteiger partial charge < -0.3 is 10.1 Å². The fraction of sp³-hybridized carbons (Fsp3) is 0.133. The zero-order valence-electron chi connectivity index (χ0n) is 10.7. The van der Waals surface area contributed by atoms with Crippen molar-refractivity contribution < 1.29 is 9.53 Å². The molecule has 2 rings (SSSR count). The Morgan fingerprint density at radius 1 is 1.21 bits per heavy atom. The molecule has 0 unspecified atom stereocenters. The summed E-state index contributed by atoms with van der Waals surface area (Å²) in [5, 5.41) is 3.74. The van der Waals surface area contributed by atoms with Crippen LogP contribution in [-0.4, -0.2) is 12.9 Å². The van der Waals surface area contributed by atoms with Crippen molar-refractivity contribution in [1.82, 2.24) is 0 Å². The maximum atomic E-state index is 11.4. The molecule has 4 heteroatoms. The molecule has 2 aromatic rings. The molecule has 2 aromatic carbocycles. The van der Waals surface area contributed by atoms with E-state index in [4.69, 9.17) is 16.3 Å².